The molecule has 1 N–H and O–H groups in total. The van der Waals surface area contributed by atoms with Crippen LogP contribution in [-0.4, -0.2) is 60.5 Å². The van der Waals surface area contributed by atoms with E-state index in [0.717, 1.165) is 36.7 Å². The van der Waals surface area contributed by atoms with Gasteiger partial charge in [-0.3, -0.25) is 9.36 Å². The van der Waals surface area contributed by atoms with Crippen LogP contribution in [0.1, 0.15) is 40.8 Å². The SMILES string of the molecule is CN(C)Cc1nnc(C2CC(NC(=O)c3ccccc3-n3cnnc3)C2)n1C. The summed E-state index contributed by atoms with van der Waals surface area (Å²) in [6.45, 7) is 0.760. The maximum absolute atomic E-state index is 12.8. The highest BCUT2D eigenvalue weighted by molar-refractivity contribution is 5.98. The third-order valence-electron chi connectivity index (χ3n) is 5.14. The van der Waals surface area contributed by atoms with Crippen LogP contribution < -0.4 is 5.32 Å². The molecule has 9 nitrogen and oxygen atoms in total. The van der Waals surface area contributed by atoms with Gasteiger partial charge in [-0.25, -0.2) is 0 Å². The van der Waals surface area contributed by atoms with Gasteiger partial charge in [-0.2, -0.15) is 0 Å². The van der Waals surface area contributed by atoms with Crippen LogP contribution in [-0.2, 0) is 13.6 Å². The Labute approximate surface area is 163 Å². The van der Waals surface area contributed by atoms with E-state index in [2.05, 4.69) is 35.2 Å². The van der Waals surface area contributed by atoms with Crippen molar-refractivity contribution < 1.29 is 4.79 Å². The zero-order valence-electron chi connectivity index (χ0n) is 16.3. The summed E-state index contributed by atoms with van der Waals surface area (Å²) in [5.74, 6) is 2.19. The molecule has 0 aliphatic heterocycles. The topological polar surface area (TPSA) is 93.8 Å². The Morgan fingerprint density at radius 3 is 2.61 bits per heavy atom. The molecule has 1 fully saturated rings. The molecule has 1 saturated carbocycles. The molecule has 1 aromatic carbocycles. The minimum absolute atomic E-state index is 0.0842. The monoisotopic (exact) mass is 380 g/mol. The van der Waals surface area contributed by atoms with E-state index in [0.29, 0.717) is 11.5 Å². The first kappa shape index (κ1) is 18.3. The van der Waals surface area contributed by atoms with Crippen molar-refractivity contribution >= 4 is 5.91 Å². The predicted octanol–water partition coefficient (Wildman–Crippen LogP) is 1.13. The number of rotatable bonds is 6. The molecule has 2 heterocycles. The van der Waals surface area contributed by atoms with Gasteiger partial charge in [0.05, 0.1) is 17.8 Å². The summed E-state index contributed by atoms with van der Waals surface area (Å²) in [6, 6.07) is 7.59. The van der Waals surface area contributed by atoms with Crippen molar-refractivity contribution in [3.63, 3.8) is 0 Å². The van der Waals surface area contributed by atoms with Crippen LogP contribution in [0.25, 0.3) is 5.69 Å². The van der Waals surface area contributed by atoms with Crippen molar-refractivity contribution in [2.45, 2.75) is 31.3 Å². The summed E-state index contributed by atoms with van der Waals surface area (Å²) in [5, 5.41) is 19.4. The third kappa shape index (κ3) is 3.53. The van der Waals surface area contributed by atoms with E-state index < -0.39 is 0 Å². The molecule has 0 unspecified atom stereocenters. The van der Waals surface area contributed by atoms with Crippen LogP contribution in [0.5, 0.6) is 0 Å². The first-order chi connectivity index (χ1) is 13.5. The Morgan fingerprint density at radius 2 is 1.89 bits per heavy atom. The van der Waals surface area contributed by atoms with Gasteiger partial charge in [-0.1, -0.05) is 12.1 Å². The first-order valence-corrected chi connectivity index (χ1v) is 9.30. The van der Waals surface area contributed by atoms with Crippen molar-refractivity contribution in [2.75, 3.05) is 14.1 Å². The molecule has 0 radical (unpaired) electrons. The van der Waals surface area contributed by atoms with Gasteiger partial charge < -0.3 is 14.8 Å². The van der Waals surface area contributed by atoms with E-state index in [1.807, 2.05) is 45.4 Å². The normalized spacial score (nSPS) is 18.9. The Morgan fingerprint density at radius 1 is 1.18 bits per heavy atom. The number of para-hydroxylation sites is 1. The van der Waals surface area contributed by atoms with Gasteiger partial charge in [0.15, 0.2) is 0 Å². The highest BCUT2D eigenvalue weighted by Crippen LogP contribution is 2.36. The standard InChI is InChI=1S/C19H24N8O/c1-25(2)10-17-23-24-18(26(17)3)13-8-14(9-13)22-19(28)15-6-4-5-7-16(15)27-11-20-21-12-27/h4-7,11-14H,8-10H2,1-3H3,(H,22,28). The zero-order chi connectivity index (χ0) is 19.7. The maximum atomic E-state index is 12.8. The van der Waals surface area contributed by atoms with Gasteiger partial charge in [-0.15, -0.1) is 20.4 Å². The molecule has 0 saturated heterocycles. The van der Waals surface area contributed by atoms with Crippen LogP contribution in [0, 0.1) is 0 Å². The molecule has 1 aliphatic carbocycles. The summed E-state index contributed by atoms with van der Waals surface area (Å²) >= 11 is 0. The molecule has 28 heavy (non-hydrogen) atoms. The van der Waals surface area contributed by atoms with Crippen LogP contribution in [0.2, 0.25) is 0 Å². The summed E-state index contributed by atoms with van der Waals surface area (Å²) in [4.78, 5) is 14.9. The number of benzene rings is 1. The second kappa shape index (κ2) is 7.51. The molecular formula is C19H24N8O. The van der Waals surface area contributed by atoms with Crippen LogP contribution >= 0.6 is 0 Å². The van der Waals surface area contributed by atoms with Crippen LogP contribution in [0.4, 0.5) is 0 Å². The van der Waals surface area contributed by atoms with Gasteiger partial charge in [0.1, 0.15) is 24.3 Å². The van der Waals surface area contributed by atoms with Gasteiger partial charge in [0, 0.05) is 19.0 Å². The van der Waals surface area contributed by atoms with Gasteiger partial charge >= 0.3 is 0 Å². The molecule has 9 heteroatoms. The second-order valence-corrected chi connectivity index (χ2v) is 7.50. The molecule has 1 aliphatic rings. The van der Waals surface area contributed by atoms with Crippen LogP contribution in [0.15, 0.2) is 36.9 Å². The smallest absolute Gasteiger partial charge is 0.253 e. The number of hydrogen-bond donors (Lipinski definition) is 1. The van der Waals surface area contributed by atoms with Crippen LogP contribution in [0.3, 0.4) is 0 Å². The highest BCUT2D eigenvalue weighted by Gasteiger charge is 2.35. The molecule has 0 spiro atoms. The third-order valence-corrected chi connectivity index (χ3v) is 5.14. The molecule has 2 aromatic heterocycles. The van der Waals surface area contributed by atoms with E-state index in [1.165, 1.54) is 0 Å². The van der Waals surface area contributed by atoms with E-state index in [-0.39, 0.29) is 11.9 Å². The Bertz CT molecular complexity index is 956. The Kier molecular flexibility index (Phi) is 4.91. The lowest BCUT2D eigenvalue weighted by atomic mass is 9.79. The summed E-state index contributed by atoms with van der Waals surface area (Å²) in [6.07, 6.45) is 4.92. The number of hydrogen-bond acceptors (Lipinski definition) is 6. The molecule has 0 atom stereocenters. The largest absolute Gasteiger partial charge is 0.349 e. The Hall–Kier alpha value is -3.07. The highest BCUT2D eigenvalue weighted by atomic mass is 16.1. The quantitative estimate of drug-likeness (QED) is 0.689. The number of aromatic nitrogens is 6. The number of nitrogens with one attached hydrogen (secondary N) is 1. The lowest BCUT2D eigenvalue weighted by molar-refractivity contribution is 0.0907. The number of amides is 1. The van der Waals surface area contributed by atoms with Gasteiger partial charge in [0.2, 0.25) is 0 Å². The summed E-state index contributed by atoms with van der Waals surface area (Å²) < 4.78 is 3.81. The molecule has 146 valence electrons. The number of carbonyl (C=O) groups excluding carboxylic acids is 1. The minimum Gasteiger partial charge on any atom is -0.349 e. The van der Waals surface area contributed by atoms with Crippen molar-refractivity contribution in [2.24, 2.45) is 7.05 Å². The van der Waals surface area contributed by atoms with Gasteiger partial charge in [-0.05, 0) is 39.1 Å². The Balaban J connectivity index is 1.39. The molecule has 0 bridgehead atoms. The fourth-order valence-electron chi connectivity index (χ4n) is 3.58. The summed E-state index contributed by atoms with van der Waals surface area (Å²) in [5.41, 5.74) is 1.38. The second-order valence-electron chi connectivity index (χ2n) is 7.50. The van der Waals surface area contributed by atoms with E-state index in [1.54, 1.807) is 17.2 Å². The molecular weight excluding hydrogens is 356 g/mol. The average molecular weight is 380 g/mol. The number of carbonyl (C=O) groups is 1. The fourth-order valence-corrected chi connectivity index (χ4v) is 3.58. The minimum atomic E-state index is -0.0842. The van der Waals surface area contributed by atoms with Crippen molar-refractivity contribution in [1.82, 2.24) is 39.7 Å². The lowest BCUT2D eigenvalue weighted by Gasteiger charge is -2.35. The average Bonchev–Trinajstić information content (AvgIpc) is 3.29. The van der Waals surface area contributed by atoms with E-state index in [4.69, 9.17) is 0 Å². The lowest BCUT2D eigenvalue weighted by Crippen LogP contribution is -2.44. The predicted molar refractivity (Wildman–Crippen MR) is 103 cm³/mol. The molecule has 1 amide bonds. The number of nitrogens with zero attached hydrogens (tertiary/aromatic N) is 7. The van der Waals surface area contributed by atoms with Crippen molar-refractivity contribution in [1.29, 1.82) is 0 Å². The maximum Gasteiger partial charge on any atom is 0.253 e. The molecule has 4 rings (SSSR count). The zero-order valence-corrected chi connectivity index (χ0v) is 16.3. The molecule has 3 aromatic rings. The van der Waals surface area contributed by atoms with Crippen molar-refractivity contribution in [3.8, 4) is 5.69 Å². The summed E-state index contributed by atoms with van der Waals surface area (Å²) in [7, 11) is 6.04. The van der Waals surface area contributed by atoms with Crippen molar-refractivity contribution in [3.05, 3.63) is 54.1 Å². The van der Waals surface area contributed by atoms with E-state index in [9.17, 15) is 4.79 Å². The van der Waals surface area contributed by atoms with Gasteiger partial charge in [0.25, 0.3) is 5.91 Å². The first-order valence-electron chi connectivity index (χ1n) is 9.30. The fraction of sp³-hybridized carbons (Fsp3) is 0.421. The van der Waals surface area contributed by atoms with E-state index >= 15 is 0 Å².